The Hall–Kier alpha value is -2.60. The molecule has 0 spiro atoms. The molecule has 0 nitrogen and oxygen atoms in total. The molecule has 6 unspecified atom stereocenters. The summed E-state index contributed by atoms with van der Waals surface area (Å²) >= 11 is 0. The zero-order valence-corrected chi connectivity index (χ0v) is 21.0. The lowest BCUT2D eigenvalue weighted by Crippen LogP contribution is -2.33. The second kappa shape index (κ2) is 7.70. The van der Waals surface area contributed by atoms with Gasteiger partial charge in [-0.25, -0.2) is 0 Å². The Morgan fingerprint density at radius 1 is 0.829 bits per heavy atom. The van der Waals surface area contributed by atoms with Crippen LogP contribution in [0.15, 0.2) is 100 Å². The molecule has 8 rings (SSSR count). The van der Waals surface area contributed by atoms with Crippen LogP contribution in [0.1, 0.15) is 63.0 Å². The first kappa shape index (κ1) is 20.6. The minimum Gasteiger partial charge on any atom is -0.0842 e. The van der Waals surface area contributed by atoms with Gasteiger partial charge in [0.2, 0.25) is 0 Å². The van der Waals surface area contributed by atoms with Gasteiger partial charge in [0.05, 0.1) is 0 Å². The molecule has 0 amide bonds. The number of benzene rings is 1. The van der Waals surface area contributed by atoms with Crippen LogP contribution >= 0.6 is 0 Å². The minimum absolute atomic E-state index is 0.582. The molecule has 35 heavy (non-hydrogen) atoms. The lowest BCUT2D eigenvalue weighted by molar-refractivity contribution is 0.272. The van der Waals surface area contributed by atoms with Gasteiger partial charge in [-0.1, -0.05) is 90.4 Å². The average molecular weight is 457 g/mol. The molecule has 7 aliphatic rings. The third kappa shape index (κ3) is 2.92. The van der Waals surface area contributed by atoms with Gasteiger partial charge in [-0.05, 0) is 108 Å². The SMILES string of the molecule is CC1CCC2=C3C(Cc4ccccc42)C2=CC4=C(CC5CCC=CC5=C4)C(C4=CCCC=C4)C2C31. The summed E-state index contributed by atoms with van der Waals surface area (Å²) in [4.78, 5) is 0. The zero-order chi connectivity index (χ0) is 23.1. The predicted molar refractivity (Wildman–Crippen MR) is 146 cm³/mol. The van der Waals surface area contributed by atoms with E-state index >= 15 is 0 Å². The topological polar surface area (TPSA) is 0 Å². The molecule has 0 aromatic heterocycles. The van der Waals surface area contributed by atoms with E-state index in [1.165, 1.54) is 51.4 Å². The van der Waals surface area contributed by atoms with Gasteiger partial charge in [-0.2, -0.15) is 0 Å². The fraction of sp³-hybridized carbons (Fsp3) is 0.429. The van der Waals surface area contributed by atoms with Gasteiger partial charge < -0.3 is 0 Å². The molecular formula is C35H36. The van der Waals surface area contributed by atoms with Crippen molar-refractivity contribution < 1.29 is 0 Å². The quantitative estimate of drug-likeness (QED) is 0.396. The van der Waals surface area contributed by atoms with Crippen molar-refractivity contribution in [2.75, 3.05) is 0 Å². The number of fused-ring (bicyclic) bond motifs is 6. The number of hydrogen-bond acceptors (Lipinski definition) is 0. The summed E-state index contributed by atoms with van der Waals surface area (Å²) in [6.45, 7) is 2.58. The van der Waals surface area contributed by atoms with Gasteiger partial charge in [0.15, 0.2) is 0 Å². The van der Waals surface area contributed by atoms with Crippen LogP contribution in [0.5, 0.6) is 0 Å². The van der Waals surface area contributed by atoms with E-state index in [0.717, 1.165) is 17.8 Å². The van der Waals surface area contributed by atoms with Gasteiger partial charge in [-0.15, -0.1) is 0 Å². The van der Waals surface area contributed by atoms with E-state index in [1.54, 1.807) is 44.6 Å². The Bertz CT molecular complexity index is 1330. The highest BCUT2D eigenvalue weighted by atomic mass is 14.6. The predicted octanol–water partition coefficient (Wildman–Crippen LogP) is 8.71. The van der Waals surface area contributed by atoms with Crippen LogP contribution in [0.3, 0.4) is 0 Å². The maximum atomic E-state index is 2.71. The average Bonchev–Trinajstić information content (AvgIpc) is 3.23. The Kier molecular flexibility index (Phi) is 4.53. The van der Waals surface area contributed by atoms with Crippen molar-refractivity contribution in [2.24, 2.45) is 35.5 Å². The second-order valence-corrected chi connectivity index (χ2v) is 12.2. The van der Waals surface area contributed by atoms with E-state index in [-0.39, 0.29) is 0 Å². The third-order valence-corrected chi connectivity index (χ3v) is 10.5. The lowest BCUT2D eigenvalue weighted by Gasteiger charge is -2.43. The molecule has 7 aliphatic carbocycles. The smallest absolute Gasteiger partial charge is 0.0126 e. The van der Waals surface area contributed by atoms with Crippen LogP contribution in [0.25, 0.3) is 5.57 Å². The van der Waals surface area contributed by atoms with E-state index in [2.05, 4.69) is 73.7 Å². The molecular weight excluding hydrogens is 420 g/mol. The van der Waals surface area contributed by atoms with E-state index in [9.17, 15) is 0 Å². The van der Waals surface area contributed by atoms with Gasteiger partial charge in [-0.3, -0.25) is 0 Å². The first-order valence-corrected chi connectivity index (χ1v) is 14.3. The molecule has 1 fully saturated rings. The molecule has 0 N–H and O–H groups in total. The Morgan fingerprint density at radius 2 is 1.71 bits per heavy atom. The summed E-state index contributed by atoms with van der Waals surface area (Å²) in [5.74, 6) is 4.10. The molecule has 0 radical (unpaired) electrons. The van der Waals surface area contributed by atoms with Crippen molar-refractivity contribution in [1.29, 1.82) is 0 Å². The van der Waals surface area contributed by atoms with Crippen molar-refractivity contribution in [3.05, 3.63) is 111 Å². The largest absolute Gasteiger partial charge is 0.0842 e. The normalized spacial score (nSPS) is 36.4. The van der Waals surface area contributed by atoms with Gasteiger partial charge in [0.1, 0.15) is 0 Å². The van der Waals surface area contributed by atoms with Crippen molar-refractivity contribution in [3.8, 4) is 0 Å². The van der Waals surface area contributed by atoms with Crippen LogP contribution in [0.4, 0.5) is 0 Å². The standard InChI is InChI=1S/C35H36/c1-21-15-16-28-27-14-8-7-13-25(27)19-30-31-20-26-17-23-11-5-6-12-24(23)18-29(26)33(22-9-3-2-4-10-22)35(31)32(21)34(28)30/h3,5,7-11,13-14,17,20-21,24,30,32-33,35H,2,4,6,12,15-16,18-19H2,1H3. The molecule has 1 aromatic rings. The van der Waals surface area contributed by atoms with E-state index < -0.39 is 0 Å². The van der Waals surface area contributed by atoms with Crippen LogP contribution in [0, 0.1) is 35.5 Å². The third-order valence-electron chi connectivity index (χ3n) is 10.5. The van der Waals surface area contributed by atoms with Crippen molar-refractivity contribution in [3.63, 3.8) is 0 Å². The van der Waals surface area contributed by atoms with Crippen LogP contribution < -0.4 is 0 Å². The fourth-order valence-corrected chi connectivity index (χ4v) is 9.11. The van der Waals surface area contributed by atoms with Crippen LogP contribution in [-0.2, 0) is 6.42 Å². The summed E-state index contributed by atoms with van der Waals surface area (Å²) in [5.41, 5.74) is 15.1. The molecule has 1 aromatic carbocycles. The highest BCUT2D eigenvalue weighted by Gasteiger charge is 2.54. The summed E-state index contributed by atoms with van der Waals surface area (Å²) in [7, 11) is 0. The van der Waals surface area contributed by atoms with Crippen molar-refractivity contribution >= 4 is 5.57 Å². The van der Waals surface area contributed by atoms with Crippen LogP contribution in [0.2, 0.25) is 0 Å². The van der Waals surface area contributed by atoms with Gasteiger partial charge in [0, 0.05) is 11.8 Å². The van der Waals surface area contributed by atoms with E-state index in [1.807, 2.05) is 5.57 Å². The summed E-state index contributed by atoms with van der Waals surface area (Å²) < 4.78 is 0. The van der Waals surface area contributed by atoms with Crippen molar-refractivity contribution in [1.82, 2.24) is 0 Å². The molecule has 0 saturated heterocycles. The molecule has 0 heterocycles. The van der Waals surface area contributed by atoms with E-state index in [0.29, 0.717) is 17.8 Å². The summed E-state index contributed by atoms with van der Waals surface area (Å²) in [6, 6.07) is 9.36. The highest BCUT2D eigenvalue weighted by molar-refractivity contribution is 5.78. The van der Waals surface area contributed by atoms with Crippen molar-refractivity contribution in [2.45, 2.75) is 58.3 Å². The number of allylic oxidation sites excluding steroid dienone is 14. The Labute approximate surface area is 210 Å². The first-order chi connectivity index (χ1) is 17.3. The highest BCUT2D eigenvalue weighted by Crippen LogP contribution is 2.64. The number of rotatable bonds is 1. The number of hydrogen-bond donors (Lipinski definition) is 0. The summed E-state index contributed by atoms with van der Waals surface area (Å²) in [5, 5.41) is 0. The summed E-state index contributed by atoms with van der Waals surface area (Å²) in [6.07, 6.45) is 27.8. The minimum atomic E-state index is 0.582. The molecule has 1 saturated carbocycles. The zero-order valence-electron chi connectivity index (χ0n) is 21.0. The Balaban J connectivity index is 1.35. The molecule has 0 heteroatoms. The monoisotopic (exact) mass is 456 g/mol. The van der Waals surface area contributed by atoms with E-state index in [4.69, 9.17) is 0 Å². The molecule has 0 aliphatic heterocycles. The lowest BCUT2D eigenvalue weighted by atomic mass is 9.61. The maximum absolute atomic E-state index is 2.71. The maximum Gasteiger partial charge on any atom is 0.0126 e. The Morgan fingerprint density at radius 3 is 2.63 bits per heavy atom. The second-order valence-electron chi connectivity index (χ2n) is 12.2. The van der Waals surface area contributed by atoms with Crippen LogP contribution in [-0.4, -0.2) is 0 Å². The van der Waals surface area contributed by atoms with Gasteiger partial charge >= 0.3 is 0 Å². The molecule has 0 bridgehead atoms. The fourth-order valence-electron chi connectivity index (χ4n) is 9.11. The van der Waals surface area contributed by atoms with Gasteiger partial charge in [0.25, 0.3) is 0 Å². The first-order valence-electron chi connectivity index (χ1n) is 14.3. The molecule has 6 atom stereocenters. The molecule has 176 valence electrons.